The van der Waals surface area contributed by atoms with E-state index >= 15 is 0 Å². The van der Waals surface area contributed by atoms with Crippen molar-refractivity contribution < 1.29 is 0 Å². The molecule has 0 bridgehead atoms. The lowest BCUT2D eigenvalue weighted by atomic mass is 9.89. The zero-order chi connectivity index (χ0) is 19.5. The molecule has 5 nitrogen and oxygen atoms in total. The minimum absolute atomic E-state index is 0.481. The molecule has 1 saturated heterocycles. The first kappa shape index (κ1) is 18.7. The molecule has 3 heterocycles. The van der Waals surface area contributed by atoms with E-state index in [0.29, 0.717) is 5.92 Å². The van der Waals surface area contributed by atoms with Crippen LogP contribution in [0.5, 0.6) is 0 Å². The molecule has 1 aromatic carbocycles. The largest absolute Gasteiger partial charge is 0.321 e. The number of benzene rings is 1. The molecule has 4 rings (SSSR count). The molecule has 0 unspecified atom stereocenters. The molecule has 3 aromatic rings. The van der Waals surface area contributed by atoms with Gasteiger partial charge in [0.2, 0.25) is 0 Å². The monoisotopic (exact) mass is 393 g/mol. The van der Waals surface area contributed by atoms with Gasteiger partial charge in [0.25, 0.3) is 0 Å². The van der Waals surface area contributed by atoms with Crippen LogP contribution in [0.15, 0.2) is 60.5 Å². The summed E-state index contributed by atoms with van der Waals surface area (Å²) < 4.78 is 2.26. The molecule has 1 N–H and O–H groups in total. The summed E-state index contributed by atoms with van der Waals surface area (Å²) in [4.78, 5) is 10.7. The Bertz CT molecular complexity index is 1000. The minimum atomic E-state index is 0.481. The van der Waals surface area contributed by atoms with Gasteiger partial charge in [0.05, 0.1) is 18.1 Å². The fourth-order valence-corrected chi connectivity index (χ4v) is 4.19. The second-order valence-electron chi connectivity index (χ2n) is 7.02. The van der Waals surface area contributed by atoms with Crippen molar-refractivity contribution in [1.82, 2.24) is 14.9 Å². The highest BCUT2D eigenvalue weighted by Crippen LogP contribution is 2.42. The van der Waals surface area contributed by atoms with Crippen LogP contribution in [-0.2, 0) is 0 Å². The summed E-state index contributed by atoms with van der Waals surface area (Å²) in [5.74, 6) is 1.59. The highest BCUT2D eigenvalue weighted by molar-refractivity contribution is 6.30. The van der Waals surface area contributed by atoms with Crippen molar-refractivity contribution in [3.05, 3.63) is 66.1 Å². The van der Waals surface area contributed by atoms with Crippen molar-refractivity contribution in [3.8, 4) is 5.69 Å². The molecule has 1 fully saturated rings. The number of piperidine rings is 1. The van der Waals surface area contributed by atoms with Crippen molar-refractivity contribution in [2.24, 2.45) is 4.99 Å². The van der Waals surface area contributed by atoms with Gasteiger partial charge in [0, 0.05) is 41.1 Å². The maximum atomic E-state index is 6.14. The SMILES string of the molecule is C=C/N=C\N(C)c1c(C2CCNCC2)c2ccncc2n1-c1ccc(Cl)cc1. The second-order valence-corrected chi connectivity index (χ2v) is 7.46. The van der Waals surface area contributed by atoms with Gasteiger partial charge in [0.15, 0.2) is 0 Å². The molecule has 0 spiro atoms. The first-order valence-corrected chi connectivity index (χ1v) is 9.90. The van der Waals surface area contributed by atoms with Crippen molar-refractivity contribution in [2.75, 3.05) is 25.0 Å². The van der Waals surface area contributed by atoms with Crippen LogP contribution in [0.1, 0.15) is 24.3 Å². The van der Waals surface area contributed by atoms with Gasteiger partial charge in [-0.15, -0.1) is 0 Å². The molecule has 2 aromatic heterocycles. The number of aromatic nitrogens is 2. The van der Waals surface area contributed by atoms with E-state index in [1.165, 1.54) is 10.9 Å². The third kappa shape index (κ3) is 3.43. The summed E-state index contributed by atoms with van der Waals surface area (Å²) in [5, 5.41) is 5.44. The standard InChI is InChI=1S/C22H24ClN5/c1-3-24-15-27(2)22-21(16-8-11-25-12-9-16)19-10-13-26-14-20(19)28(22)18-6-4-17(23)5-7-18/h3-7,10,13-16,25H,1,8-9,11-12H2,2H3/b24-15-. The van der Waals surface area contributed by atoms with Gasteiger partial charge in [-0.1, -0.05) is 18.2 Å². The third-order valence-corrected chi connectivity index (χ3v) is 5.55. The second kappa shape index (κ2) is 8.17. The smallest absolute Gasteiger partial charge is 0.122 e. The summed E-state index contributed by atoms with van der Waals surface area (Å²) in [5.41, 5.74) is 3.50. The van der Waals surface area contributed by atoms with Crippen molar-refractivity contribution in [2.45, 2.75) is 18.8 Å². The van der Waals surface area contributed by atoms with Crippen LogP contribution in [0.2, 0.25) is 5.02 Å². The summed E-state index contributed by atoms with van der Waals surface area (Å²) in [6, 6.07) is 10.1. The highest BCUT2D eigenvalue weighted by atomic mass is 35.5. The van der Waals surface area contributed by atoms with Crippen LogP contribution >= 0.6 is 11.6 Å². The number of nitrogens with one attached hydrogen (secondary N) is 1. The van der Waals surface area contributed by atoms with E-state index in [-0.39, 0.29) is 0 Å². The lowest BCUT2D eigenvalue weighted by Gasteiger charge is -2.26. The zero-order valence-corrected chi connectivity index (χ0v) is 16.7. The van der Waals surface area contributed by atoms with Crippen LogP contribution < -0.4 is 10.2 Å². The molecular formula is C22H24ClN5. The number of rotatable bonds is 5. The first-order chi connectivity index (χ1) is 13.7. The quantitative estimate of drug-likeness (QED) is 0.502. The summed E-state index contributed by atoms with van der Waals surface area (Å²) in [6.45, 7) is 5.78. The van der Waals surface area contributed by atoms with Crippen molar-refractivity contribution in [3.63, 3.8) is 0 Å². The number of nitrogens with zero attached hydrogens (tertiary/aromatic N) is 4. The van der Waals surface area contributed by atoms with Crippen molar-refractivity contribution >= 4 is 34.7 Å². The molecule has 0 radical (unpaired) electrons. The van der Waals surface area contributed by atoms with Crippen LogP contribution in [0.25, 0.3) is 16.6 Å². The number of hydrogen-bond acceptors (Lipinski definition) is 3. The average molecular weight is 394 g/mol. The Morgan fingerprint density at radius 2 is 2.00 bits per heavy atom. The molecule has 0 saturated carbocycles. The van der Waals surface area contributed by atoms with Gasteiger partial charge in [-0.25, -0.2) is 4.99 Å². The van der Waals surface area contributed by atoms with Gasteiger partial charge in [-0.3, -0.25) is 9.55 Å². The topological polar surface area (TPSA) is 45.4 Å². The molecule has 28 heavy (non-hydrogen) atoms. The molecule has 144 valence electrons. The van der Waals surface area contributed by atoms with E-state index in [0.717, 1.165) is 48.0 Å². The van der Waals surface area contributed by atoms with Crippen LogP contribution in [0, 0.1) is 0 Å². The van der Waals surface area contributed by atoms with Crippen LogP contribution in [-0.4, -0.2) is 36.0 Å². The Morgan fingerprint density at radius 1 is 1.25 bits per heavy atom. The summed E-state index contributed by atoms with van der Waals surface area (Å²) in [6.07, 6.45) is 9.41. The number of halogens is 1. The summed E-state index contributed by atoms with van der Waals surface area (Å²) in [7, 11) is 2.03. The first-order valence-electron chi connectivity index (χ1n) is 9.52. The fourth-order valence-electron chi connectivity index (χ4n) is 4.06. The van der Waals surface area contributed by atoms with E-state index in [9.17, 15) is 0 Å². The third-order valence-electron chi connectivity index (χ3n) is 5.30. The Balaban J connectivity index is 2.01. The molecular weight excluding hydrogens is 370 g/mol. The van der Waals surface area contributed by atoms with E-state index in [1.54, 1.807) is 6.20 Å². The predicted octanol–water partition coefficient (Wildman–Crippen LogP) is 4.75. The predicted molar refractivity (Wildman–Crippen MR) is 118 cm³/mol. The molecule has 0 atom stereocenters. The van der Waals surface area contributed by atoms with Gasteiger partial charge in [0.1, 0.15) is 5.82 Å². The summed E-state index contributed by atoms with van der Waals surface area (Å²) >= 11 is 6.14. The lowest BCUT2D eigenvalue weighted by Crippen LogP contribution is -2.28. The molecule has 0 aliphatic carbocycles. The fraction of sp³-hybridized carbons (Fsp3) is 0.273. The molecule has 6 heteroatoms. The van der Waals surface area contributed by atoms with E-state index in [1.807, 2.05) is 50.0 Å². The van der Waals surface area contributed by atoms with E-state index in [2.05, 4.69) is 37.4 Å². The number of pyridine rings is 1. The normalized spacial score (nSPS) is 15.4. The van der Waals surface area contributed by atoms with Gasteiger partial charge in [-0.05, 0) is 62.2 Å². The average Bonchev–Trinajstić information content (AvgIpc) is 3.08. The zero-order valence-electron chi connectivity index (χ0n) is 16.0. The number of hydrogen-bond donors (Lipinski definition) is 1. The van der Waals surface area contributed by atoms with E-state index < -0.39 is 0 Å². The van der Waals surface area contributed by atoms with E-state index in [4.69, 9.17) is 11.6 Å². The number of aliphatic imine (C=N–C) groups is 1. The Labute approximate surface area is 170 Å². The molecule has 1 aliphatic heterocycles. The van der Waals surface area contributed by atoms with Crippen LogP contribution in [0.3, 0.4) is 0 Å². The maximum Gasteiger partial charge on any atom is 0.122 e. The Kier molecular flexibility index (Phi) is 5.46. The van der Waals surface area contributed by atoms with Crippen molar-refractivity contribution in [1.29, 1.82) is 0 Å². The Hall–Kier alpha value is -2.63. The Morgan fingerprint density at radius 3 is 2.71 bits per heavy atom. The van der Waals surface area contributed by atoms with Gasteiger partial charge in [-0.2, -0.15) is 0 Å². The molecule has 0 amide bonds. The molecule has 1 aliphatic rings. The maximum absolute atomic E-state index is 6.14. The number of anilines is 1. The lowest BCUT2D eigenvalue weighted by molar-refractivity contribution is 0.462. The van der Waals surface area contributed by atoms with Gasteiger partial charge >= 0.3 is 0 Å². The number of fused-ring (bicyclic) bond motifs is 1. The van der Waals surface area contributed by atoms with Crippen LogP contribution in [0.4, 0.5) is 5.82 Å². The highest BCUT2D eigenvalue weighted by Gasteiger charge is 2.27. The minimum Gasteiger partial charge on any atom is -0.321 e. The van der Waals surface area contributed by atoms with Gasteiger partial charge < -0.3 is 10.2 Å².